The first-order valence-electron chi connectivity index (χ1n) is 5.56. The van der Waals surface area contributed by atoms with E-state index in [4.69, 9.17) is 0 Å². The van der Waals surface area contributed by atoms with Gasteiger partial charge in [-0.25, -0.2) is 0 Å². The van der Waals surface area contributed by atoms with Crippen LogP contribution in [0.1, 0.15) is 24.6 Å². The third-order valence-corrected chi connectivity index (χ3v) is 3.42. The van der Waals surface area contributed by atoms with Crippen LogP contribution in [0.15, 0.2) is 6.20 Å². The molecule has 1 saturated heterocycles. The van der Waals surface area contributed by atoms with Gasteiger partial charge in [0.25, 0.3) is 0 Å². The Hall–Kier alpha value is -0.520. The minimum absolute atomic E-state index is 0.546. The smallest absolute Gasteiger partial charge is 0.0666 e. The molecular weight excluding hydrogens is 208 g/mol. The Morgan fingerprint density at radius 3 is 3.00 bits per heavy atom. The number of hydrogen-bond acceptors (Lipinski definition) is 5. The summed E-state index contributed by atoms with van der Waals surface area (Å²) in [6.07, 6.45) is 4.57. The van der Waals surface area contributed by atoms with Crippen molar-refractivity contribution in [2.75, 3.05) is 19.6 Å². The van der Waals surface area contributed by atoms with Crippen molar-refractivity contribution in [3.63, 3.8) is 0 Å². The summed E-state index contributed by atoms with van der Waals surface area (Å²) in [7, 11) is 0. The molecule has 1 aromatic rings. The first-order chi connectivity index (χ1) is 7.34. The number of hydrogen-bond donors (Lipinski definition) is 1. The highest BCUT2D eigenvalue weighted by atomic mass is 32.1. The Labute approximate surface area is 94.8 Å². The number of aromatic nitrogens is 2. The molecule has 84 valence electrons. The van der Waals surface area contributed by atoms with Crippen LogP contribution >= 0.6 is 11.5 Å². The van der Waals surface area contributed by atoms with Crippen molar-refractivity contribution in [1.82, 2.24) is 19.8 Å². The zero-order chi connectivity index (χ0) is 10.5. The van der Waals surface area contributed by atoms with E-state index in [2.05, 4.69) is 26.7 Å². The van der Waals surface area contributed by atoms with Gasteiger partial charge in [-0.1, -0.05) is 4.49 Å². The molecule has 0 spiro atoms. The van der Waals surface area contributed by atoms with Gasteiger partial charge in [-0.05, 0) is 44.4 Å². The lowest BCUT2D eigenvalue weighted by atomic mass is 10.3. The predicted molar refractivity (Wildman–Crippen MR) is 61.9 cm³/mol. The molecule has 1 atom stereocenters. The van der Waals surface area contributed by atoms with E-state index >= 15 is 0 Å². The molecule has 0 bridgehead atoms. The van der Waals surface area contributed by atoms with E-state index in [-0.39, 0.29) is 0 Å². The van der Waals surface area contributed by atoms with Crippen LogP contribution in [0.25, 0.3) is 0 Å². The third kappa shape index (κ3) is 3.52. The maximum absolute atomic E-state index is 3.84. The fourth-order valence-electron chi connectivity index (χ4n) is 1.96. The van der Waals surface area contributed by atoms with Gasteiger partial charge in [-0.3, -0.25) is 0 Å². The van der Waals surface area contributed by atoms with E-state index < -0.39 is 0 Å². The molecule has 1 fully saturated rings. The fraction of sp³-hybridized carbons (Fsp3) is 0.800. The maximum Gasteiger partial charge on any atom is 0.0666 e. The van der Waals surface area contributed by atoms with Crippen LogP contribution in [-0.2, 0) is 6.54 Å². The van der Waals surface area contributed by atoms with Crippen molar-refractivity contribution in [3.05, 3.63) is 11.1 Å². The van der Waals surface area contributed by atoms with Gasteiger partial charge < -0.3 is 10.2 Å². The van der Waals surface area contributed by atoms with Gasteiger partial charge in [0.2, 0.25) is 0 Å². The average molecular weight is 226 g/mol. The molecule has 1 N–H and O–H groups in total. The van der Waals surface area contributed by atoms with E-state index in [1.165, 1.54) is 42.3 Å². The second kappa shape index (κ2) is 5.53. The molecule has 0 radical (unpaired) electrons. The normalized spacial score (nSPS) is 19.5. The minimum Gasteiger partial charge on any atom is -0.308 e. The summed E-state index contributed by atoms with van der Waals surface area (Å²) in [6, 6.07) is 0.546. The van der Waals surface area contributed by atoms with Gasteiger partial charge in [0.15, 0.2) is 0 Å². The van der Waals surface area contributed by atoms with Crippen molar-refractivity contribution >= 4 is 11.5 Å². The highest BCUT2D eigenvalue weighted by Crippen LogP contribution is 2.08. The van der Waals surface area contributed by atoms with Crippen LogP contribution in [0.5, 0.6) is 0 Å². The lowest BCUT2D eigenvalue weighted by Gasteiger charge is -2.20. The summed E-state index contributed by atoms with van der Waals surface area (Å²) in [5, 5.41) is 7.32. The van der Waals surface area contributed by atoms with Crippen molar-refractivity contribution < 1.29 is 0 Å². The minimum atomic E-state index is 0.546. The monoisotopic (exact) mass is 226 g/mol. The van der Waals surface area contributed by atoms with E-state index in [9.17, 15) is 0 Å². The molecule has 1 aromatic heterocycles. The summed E-state index contributed by atoms with van der Waals surface area (Å²) in [5.41, 5.74) is 0. The third-order valence-electron chi connectivity index (χ3n) is 2.76. The number of likely N-dealkylation sites (tertiary alicyclic amines) is 1. The lowest BCUT2D eigenvalue weighted by molar-refractivity contribution is 0.298. The first-order valence-corrected chi connectivity index (χ1v) is 6.34. The predicted octanol–water partition coefficient (Wildman–Crippen LogP) is 1.11. The van der Waals surface area contributed by atoms with E-state index in [0.29, 0.717) is 6.04 Å². The van der Waals surface area contributed by atoms with Crippen molar-refractivity contribution in [1.29, 1.82) is 0 Å². The summed E-state index contributed by atoms with van der Waals surface area (Å²) in [5.74, 6) is 0. The van der Waals surface area contributed by atoms with Crippen LogP contribution in [0.2, 0.25) is 0 Å². The highest BCUT2D eigenvalue weighted by molar-refractivity contribution is 7.05. The molecule has 0 aromatic carbocycles. The molecule has 0 aliphatic carbocycles. The van der Waals surface area contributed by atoms with Crippen LogP contribution in [-0.4, -0.2) is 40.2 Å². The maximum atomic E-state index is 3.84. The van der Waals surface area contributed by atoms with Crippen molar-refractivity contribution in [3.8, 4) is 0 Å². The van der Waals surface area contributed by atoms with Gasteiger partial charge in [0, 0.05) is 19.1 Å². The number of rotatable bonds is 5. The Morgan fingerprint density at radius 1 is 1.53 bits per heavy atom. The Morgan fingerprint density at radius 2 is 2.33 bits per heavy atom. The molecule has 1 aliphatic heterocycles. The van der Waals surface area contributed by atoms with Gasteiger partial charge in [-0.2, -0.15) is 0 Å². The Balaban J connectivity index is 1.66. The molecule has 1 unspecified atom stereocenters. The van der Waals surface area contributed by atoms with Crippen LogP contribution in [0, 0.1) is 0 Å². The quantitative estimate of drug-likeness (QED) is 0.816. The fourth-order valence-corrected chi connectivity index (χ4v) is 2.40. The molecular formula is C10H18N4S. The van der Waals surface area contributed by atoms with Gasteiger partial charge >= 0.3 is 0 Å². The van der Waals surface area contributed by atoms with E-state index in [0.717, 1.165) is 13.1 Å². The molecule has 0 amide bonds. The summed E-state index contributed by atoms with van der Waals surface area (Å²) >= 11 is 1.47. The zero-order valence-electron chi connectivity index (χ0n) is 9.15. The van der Waals surface area contributed by atoms with E-state index in [1.54, 1.807) is 0 Å². The lowest BCUT2D eigenvalue weighted by Crippen LogP contribution is -2.37. The first kappa shape index (κ1) is 11.0. The van der Waals surface area contributed by atoms with E-state index in [1.807, 2.05) is 6.20 Å². The topological polar surface area (TPSA) is 41.0 Å². The van der Waals surface area contributed by atoms with Crippen LogP contribution in [0.4, 0.5) is 0 Å². The largest absolute Gasteiger partial charge is 0.308 e. The SMILES string of the molecule is CC(CN1CCCC1)NCc1cnns1. The number of nitrogens with zero attached hydrogens (tertiary/aromatic N) is 3. The molecule has 1 aliphatic rings. The zero-order valence-corrected chi connectivity index (χ0v) is 9.96. The second-order valence-electron chi connectivity index (χ2n) is 4.17. The summed E-state index contributed by atoms with van der Waals surface area (Å²) in [4.78, 5) is 3.74. The molecule has 2 heterocycles. The van der Waals surface area contributed by atoms with Crippen LogP contribution < -0.4 is 5.32 Å². The highest BCUT2D eigenvalue weighted by Gasteiger charge is 2.14. The van der Waals surface area contributed by atoms with Gasteiger partial charge in [0.1, 0.15) is 0 Å². The van der Waals surface area contributed by atoms with Gasteiger partial charge in [0.05, 0.1) is 11.1 Å². The molecule has 15 heavy (non-hydrogen) atoms. The molecule has 4 nitrogen and oxygen atoms in total. The summed E-state index contributed by atoms with van der Waals surface area (Å²) < 4.78 is 3.84. The Kier molecular flexibility index (Phi) is 4.05. The van der Waals surface area contributed by atoms with Crippen molar-refractivity contribution in [2.45, 2.75) is 32.4 Å². The molecule has 5 heteroatoms. The average Bonchev–Trinajstić information content (AvgIpc) is 2.86. The van der Waals surface area contributed by atoms with Gasteiger partial charge in [-0.15, -0.1) is 5.10 Å². The van der Waals surface area contributed by atoms with Crippen LogP contribution in [0.3, 0.4) is 0 Å². The second-order valence-corrected chi connectivity index (χ2v) is 5.04. The van der Waals surface area contributed by atoms with Crippen molar-refractivity contribution in [2.24, 2.45) is 0 Å². The Bertz CT molecular complexity index is 269. The molecule has 0 saturated carbocycles. The summed E-state index contributed by atoms with van der Waals surface area (Å²) in [6.45, 7) is 6.84. The molecule has 2 rings (SSSR count). The standard InChI is InChI=1S/C10H18N4S/c1-9(8-14-4-2-3-5-14)11-6-10-7-12-13-15-10/h7,9,11H,2-6,8H2,1H3. The number of nitrogens with one attached hydrogen (secondary N) is 1.